The van der Waals surface area contributed by atoms with Crippen LogP contribution in [0.3, 0.4) is 0 Å². The maximum atomic E-state index is 5.89. The van der Waals surface area contributed by atoms with Gasteiger partial charge in [0.25, 0.3) is 0 Å². The first-order valence-corrected chi connectivity index (χ1v) is 6.37. The Bertz CT molecular complexity index is 601. The van der Waals surface area contributed by atoms with E-state index in [4.69, 9.17) is 11.6 Å². The number of thiophene rings is 1. The third-order valence-corrected chi connectivity index (χ3v) is 3.86. The zero-order chi connectivity index (χ0) is 10.3. The van der Waals surface area contributed by atoms with E-state index >= 15 is 0 Å². The minimum absolute atomic E-state index is 0.533. The number of rotatable bonds is 1. The Morgan fingerprint density at radius 2 is 2.13 bits per heavy atom. The Hall–Kier alpha value is -0.970. The van der Waals surface area contributed by atoms with Crippen LogP contribution in [0.25, 0.3) is 21.3 Å². The summed E-state index contributed by atoms with van der Waals surface area (Å²) in [6, 6.07) is 3.81. The van der Waals surface area contributed by atoms with E-state index in [1.165, 1.54) is 11.5 Å². The van der Waals surface area contributed by atoms with E-state index in [0.29, 0.717) is 5.15 Å². The molecule has 0 saturated heterocycles. The quantitative estimate of drug-likeness (QED) is 0.610. The summed E-state index contributed by atoms with van der Waals surface area (Å²) in [7, 11) is 0. The van der Waals surface area contributed by atoms with E-state index in [2.05, 4.69) is 14.7 Å². The summed E-state index contributed by atoms with van der Waals surface area (Å²) < 4.78 is 5.25. The molecule has 74 valence electrons. The van der Waals surface area contributed by atoms with Crippen LogP contribution in [0.5, 0.6) is 0 Å². The molecule has 2 nitrogen and oxygen atoms in total. The summed E-state index contributed by atoms with van der Waals surface area (Å²) in [5, 5.41) is 4.65. The van der Waals surface area contributed by atoms with Gasteiger partial charge >= 0.3 is 0 Å². The Morgan fingerprint density at radius 3 is 2.93 bits per heavy atom. The maximum absolute atomic E-state index is 5.89. The predicted molar refractivity (Wildman–Crippen MR) is 65.7 cm³/mol. The highest BCUT2D eigenvalue weighted by Gasteiger charge is 2.08. The van der Waals surface area contributed by atoms with Crippen LogP contribution in [0, 0.1) is 0 Å². The van der Waals surface area contributed by atoms with E-state index in [-0.39, 0.29) is 0 Å². The molecule has 3 aromatic rings. The topological polar surface area (TPSA) is 25.8 Å². The zero-order valence-corrected chi connectivity index (χ0v) is 9.86. The largest absolute Gasteiger partial charge is 0.235 e. The second-order valence-electron chi connectivity index (χ2n) is 3.04. The van der Waals surface area contributed by atoms with Gasteiger partial charge in [-0.2, -0.15) is 0 Å². The molecule has 0 atom stereocenters. The summed E-state index contributed by atoms with van der Waals surface area (Å²) in [6.07, 6.45) is 1.86. The molecule has 0 aliphatic heterocycles. The van der Waals surface area contributed by atoms with E-state index in [9.17, 15) is 0 Å². The van der Waals surface area contributed by atoms with Crippen molar-refractivity contribution in [3.05, 3.63) is 34.2 Å². The maximum Gasteiger partial charge on any atom is 0.129 e. The molecule has 0 aliphatic carbocycles. The minimum Gasteiger partial charge on any atom is -0.235 e. The van der Waals surface area contributed by atoms with Gasteiger partial charge in [0.15, 0.2) is 0 Å². The van der Waals surface area contributed by atoms with Crippen LogP contribution in [-0.2, 0) is 0 Å². The van der Waals surface area contributed by atoms with Crippen molar-refractivity contribution in [3.8, 4) is 11.1 Å². The van der Waals surface area contributed by atoms with Gasteiger partial charge in [-0.25, -0.2) is 9.36 Å². The molecule has 0 unspecified atom stereocenters. The van der Waals surface area contributed by atoms with Crippen LogP contribution in [0.15, 0.2) is 29.1 Å². The molecule has 3 rings (SSSR count). The molecule has 5 heteroatoms. The first-order chi connectivity index (χ1) is 7.34. The average molecular weight is 253 g/mol. The molecule has 0 N–H and O–H groups in total. The highest BCUT2D eigenvalue weighted by atomic mass is 35.5. The molecule has 0 aromatic carbocycles. The van der Waals surface area contributed by atoms with E-state index < -0.39 is 0 Å². The number of halogens is 1. The van der Waals surface area contributed by atoms with Gasteiger partial charge in [0.2, 0.25) is 0 Å². The van der Waals surface area contributed by atoms with Crippen molar-refractivity contribution in [1.82, 2.24) is 9.36 Å². The van der Waals surface area contributed by atoms with Crippen LogP contribution in [0.1, 0.15) is 0 Å². The first kappa shape index (κ1) is 9.27. The van der Waals surface area contributed by atoms with Crippen LogP contribution in [0.2, 0.25) is 5.15 Å². The molecule has 0 fully saturated rings. The van der Waals surface area contributed by atoms with E-state index in [1.54, 1.807) is 11.3 Å². The van der Waals surface area contributed by atoms with Gasteiger partial charge < -0.3 is 0 Å². The van der Waals surface area contributed by atoms with E-state index in [0.717, 1.165) is 21.3 Å². The molecule has 0 spiro atoms. The molecule has 0 amide bonds. The van der Waals surface area contributed by atoms with Crippen molar-refractivity contribution in [2.24, 2.45) is 0 Å². The van der Waals surface area contributed by atoms with Crippen LogP contribution >= 0.6 is 34.5 Å². The van der Waals surface area contributed by atoms with Crippen molar-refractivity contribution in [1.29, 1.82) is 0 Å². The highest BCUT2D eigenvalue weighted by Crippen LogP contribution is 2.33. The van der Waals surface area contributed by atoms with Gasteiger partial charge in [-0.3, -0.25) is 0 Å². The lowest BCUT2D eigenvalue weighted by atomic mass is 10.2. The lowest BCUT2D eigenvalue weighted by molar-refractivity contribution is 1.42. The molecule has 0 saturated carbocycles. The standard InChI is InChI=1S/C10H5ClN2S2/c11-9-2-1-8-10(13-9)7(5-14-8)6-3-12-15-4-6/h1-5H. The van der Waals surface area contributed by atoms with Crippen LogP contribution < -0.4 is 0 Å². The van der Waals surface area contributed by atoms with Crippen molar-refractivity contribution in [3.63, 3.8) is 0 Å². The van der Waals surface area contributed by atoms with Gasteiger partial charge in [-0.05, 0) is 23.7 Å². The SMILES string of the molecule is Clc1ccc2scc(-c3cnsc3)c2n1. The van der Waals surface area contributed by atoms with Crippen molar-refractivity contribution in [2.45, 2.75) is 0 Å². The molecular weight excluding hydrogens is 248 g/mol. The number of hydrogen-bond donors (Lipinski definition) is 0. The normalized spacial score (nSPS) is 11.0. The number of hydrogen-bond acceptors (Lipinski definition) is 4. The highest BCUT2D eigenvalue weighted by molar-refractivity contribution is 7.17. The van der Waals surface area contributed by atoms with Gasteiger partial charge in [-0.15, -0.1) is 11.3 Å². The number of fused-ring (bicyclic) bond motifs is 1. The van der Waals surface area contributed by atoms with Gasteiger partial charge in [0.1, 0.15) is 5.15 Å². The third-order valence-electron chi connectivity index (χ3n) is 2.13. The lowest BCUT2D eigenvalue weighted by Gasteiger charge is -1.94. The lowest BCUT2D eigenvalue weighted by Crippen LogP contribution is -1.77. The summed E-state index contributed by atoms with van der Waals surface area (Å²) >= 11 is 9.01. The number of aromatic nitrogens is 2. The summed E-state index contributed by atoms with van der Waals surface area (Å²) in [4.78, 5) is 4.34. The smallest absolute Gasteiger partial charge is 0.129 e. The van der Waals surface area contributed by atoms with E-state index in [1.807, 2.05) is 23.7 Å². The van der Waals surface area contributed by atoms with Gasteiger partial charge in [0, 0.05) is 28.1 Å². The molecule has 0 aliphatic rings. The molecule has 3 heterocycles. The molecular formula is C10H5ClN2S2. The second-order valence-corrected chi connectivity index (χ2v) is 5.00. The second kappa shape index (κ2) is 3.56. The van der Waals surface area contributed by atoms with Crippen LogP contribution in [0.4, 0.5) is 0 Å². The van der Waals surface area contributed by atoms with Gasteiger partial charge in [-0.1, -0.05) is 11.6 Å². The number of nitrogens with zero attached hydrogens (tertiary/aromatic N) is 2. The Morgan fingerprint density at radius 1 is 1.20 bits per heavy atom. The molecule has 3 aromatic heterocycles. The summed E-state index contributed by atoms with van der Waals surface area (Å²) in [6.45, 7) is 0. The average Bonchev–Trinajstić information content (AvgIpc) is 2.83. The monoisotopic (exact) mass is 252 g/mol. The van der Waals surface area contributed by atoms with Crippen molar-refractivity contribution >= 4 is 44.7 Å². The van der Waals surface area contributed by atoms with Crippen LogP contribution in [-0.4, -0.2) is 9.36 Å². The Kier molecular flexibility index (Phi) is 2.20. The number of pyridine rings is 1. The molecule has 0 radical (unpaired) electrons. The Labute approximate surface area is 99.3 Å². The van der Waals surface area contributed by atoms with Crippen molar-refractivity contribution in [2.75, 3.05) is 0 Å². The fourth-order valence-corrected chi connectivity index (χ4v) is 3.02. The Balaban J connectivity index is 2.32. The fraction of sp³-hybridized carbons (Fsp3) is 0. The molecule has 15 heavy (non-hydrogen) atoms. The third kappa shape index (κ3) is 1.55. The fourth-order valence-electron chi connectivity index (χ4n) is 1.43. The minimum atomic E-state index is 0.533. The van der Waals surface area contributed by atoms with Gasteiger partial charge in [0.05, 0.1) is 10.2 Å². The zero-order valence-electron chi connectivity index (χ0n) is 7.48. The van der Waals surface area contributed by atoms with Crippen molar-refractivity contribution < 1.29 is 0 Å². The molecule has 0 bridgehead atoms. The summed E-state index contributed by atoms with van der Waals surface area (Å²) in [5.74, 6) is 0. The predicted octanol–water partition coefficient (Wildman–Crippen LogP) is 4.07. The summed E-state index contributed by atoms with van der Waals surface area (Å²) in [5.41, 5.74) is 3.19. The first-order valence-electron chi connectivity index (χ1n) is 4.28.